The molecule has 0 bridgehead atoms. The number of nitrogens with one attached hydrogen (secondary N) is 3. The third kappa shape index (κ3) is 5.09. The van der Waals surface area contributed by atoms with Crippen molar-refractivity contribution >= 4 is 45.5 Å². The maximum absolute atomic E-state index is 14.2. The van der Waals surface area contributed by atoms with Gasteiger partial charge in [-0.15, -0.1) is 0 Å². The summed E-state index contributed by atoms with van der Waals surface area (Å²) in [6, 6.07) is 10.4. The molecule has 2 aromatic carbocycles. The predicted octanol–water partition coefficient (Wildman–Crippen LogP) is 5.54. The summed E-state index contributed by atoms with van der Waals surface area (Å²) in [6.45, 7) is -2.13. The van der Waals surface area contributed by atoms with Crippen molar-refractivity contribution in [3.63, 3.8) is 0 Å². The monoisotopic (exact) mass is 606 g/mol. The van der Waals surface area contributed by atoms with Crippen LogP contribution in [-0.2, 0) is 10.2 Å². The predicted molar refractivity (Wildman–Crippen MR) is 147 cm³/mol. The number of nitrogens with zero attached hydrogens (tertiary/aromatic N) is 3. The van der Waals surface area contributed by atoms with Crippen LogP contribution in [0, 0.1) is 0 Å². The van der Waals surface area contributed by atoms with E-state index in [0.29, 0.717) is 27.4 Å². The largest absolute Gasteiger partial charge is 0.494 e. The number of hydrogen-bond acceptors (Lipinski definition) is 6. The summed E-state index contributed by atoms with van der Waals surface area (Å²) < 4.78 is 85.1. The van der Waals surface area contributed by atoms with Crippen LogP contribution in [0.15, 0.2) is 60.9 Å². The number of fused-ring (bicyclic) bond motifs is 2. The topological polar surface area (TPSA) is 114 Å². The number of rotatable bonds is 6. The first-order valence-corrected chi connectivity index (χ1v) is 12.7. The van der Waals surface area contributed by atoms with E-state index in [0.717, 1.165) is 12.1 Å². The summed E-state index contributed by atoms with van der Waals surface area (Å²) in [6.07, 6.45) is -8.59. The van der Waals surface area contributed by atoms with Gasteiger partial charge in [-0.05, 0) is 50.5 Å². The zero-order valence-electron chi connectivity index (χ0n) is 22.6. The number of aromatic hydroxyl groups is 1. The SMILES string of the molecule is CN(C)CC(=O)N1CC(C(F)(F)F)(C(F)(F)F)c2ccc(NC(=O)c3cccnc3Nc3cccc4c(O)[nH]cc34)cc21. The molecule has 4 aromatic rings. The zero-order valence-corrected chi connectivity index (χ0v) is 22.6. The molecule has 4 N–H and O–H groups in total. The van der Waals surface area contributed by atoms with Gasteiger partial charge in [0.25, 0.3) is 5.91 Å². The average Bonchev–Trinajstić information content (AvgIpc) is 3.48. The number of pyridine rings is 1. The molecule has 9 nitrogen and oxygen atoms in total. The van der Waals surface area contributed by atoms with E-state index in [9.17, 15) is 41.0 Å². The number of aromatic nitrogens is 2. The maximum Gasteiger partial charge on any atom is 0.409 e. The first kappa shape index (κ1) is 29.7. The second-order valence-corrected chi connectivity index (χ2v) is 10.2. The highest BCUT2D eigenvalue weighted by molar-refractivity contribution is 6.09. The van der Waals surface area contributed by atoms with Gasteiger partial charge in [0.2, 0.25) is 11.3 Å². The second kappa shape index (κ2) is 10.5. The van der Waals surface area contributed by atoms with Crippen molar-refractivity contribution in [2.75, 3.05) is 42.7 Å². The van der Waals surface area contributed by atoms with Crippen molar-refractivity contribution in [3.8, 4) is 5.88 Å². The number of benzene rings is 2. The number of halogens is 6. The molecule has 15 heteroatoms. The van der Waals surface area contributed by atoms with Crippen molar-refractivity contribution in [1.29, 1.82) is 0 Å². The summed E-state index contributed by atoms with van der Waals surface area (Å²) in [4.78, 5) is 34.8. The molecule has 0 fully saturated rings. The molecule has 0 unspecified atom stereocenters. The lowest BCUT2D eigenvalue weighted by atomic mass is 9.80. The van der Waals surface area contributed by atoms with Crippen molar-refractivity contribution in [2.24, 2.45) is 0 Å². The average molecular weight is 607 g/mol. The van der Waals surface area contributed by atoms with Gasteiger partial charge in [0.1, 0.15) is 5.82 Å². The lowest BCUT2D eigenvalue weighted by Crippen LogP contribution is -2.57. The highest BCUT2D eigenvalue weighted by Gasteiger charge is 2.75. The van der Waals surface area contributed by atoms with Crippen LogP contribution >= 0.6 is 0 Å². The molecule has 0 radical (unpaired) electrons. The molecule has 0 saturated carbocycles. The number of likely N-dealkylation sites (N-methyl/N-ethyl adjacent to an activating group) is 1. The minimum absolute atomic E-state index is 0.000212. The van der Waals surface area contributed by atoms with E-state index < -0.39 is 53.9 Å². The van der Waals surface area contributed by atoms with Crippen LogP contribution in [0.25, 0.3) is 10.8 Å². The lowest BCUT2D eigenvalue weighted by molar-refractivity contribution is -0.297. The summed E-state index contributed by atoms with van der Waals surface area (Å²) >= 11 is 0. The van der Waals surface area contributed by atoms with Gasteiger partial charge in [-0.1, -0.05) is 12.1 Å². The van der Waals surface area contributed by atoms with Gasteiger partial charge in [0, 0.05) is 40.1 Å². The van der Waals surface area contributed by atoms with E-state index in [4.69, 9.17) is 0 Å². The van der Waals surface area contributed by atoms with E-state index in [1.54, 1.807) is 24.4 Å². The first-order valence-electron chi connectivity index (χ1n) is 12.7. The van der Waals surface area contributed by atoms with Gasteiger partial charge in [0.05, 0.1) is 24.3 Å². The maximum atomic E-state index is 14.2. The van der Waals surface area contributed by atoms with Crippen molar-refractivity contribution in [1.82, 2.24) is 14.9 Å². The summed E-state index contributed by atoms with van der Waals surface area (Å²) in [5, 5.41) is 16.6. The number of amides is 2. The smallest absolute Gasteiger partial charge is 0.409 e. The normalized spacial score (nSPS) is 14.7. The number of hydrogen-bond donors (Lipinski definition) is 4. The Morgan fingerprint density at radius 2 is 1.77 bits per heavy atom. The minimum atomic E-state index is -5.77. The molecular formula is C28H24F6N6O3. The molecule has 0 aliphatic carbocycles. The van der Waals surface area contributed by atoms with Gasteiger partial charge >= 0.3 is 12.4 Å². The van der Waals surface area contributed by atoms with Gasteiger partial charge in [-0.25, -0.2) is 4.98 Å². The Balaban J connectivity index is 1.51. The molecule has 0 spiro atoms. The summed E-state index contributed by atoms with van der Waals surface area (Å²) in [5.74, 6) is -1.73. The Kier molecular flexibility index (Phi) is 7.24. The van der Waals surface area contributed by atoms with E-state index >= 15 is 0 Å². The fourth-order valence-corrected chi connectivity index (χ4v) is 5.09. The van der Waals surface area contributed by atoms with Crippen LogP contribution in [0.5, 0.6) is 5.88 Å². The summed E-state index contributed by atoms with van der Waals surface area (Å²) in [7, 11) is 2.90. The quantitative estimate of drug-likeness (QED) is 0.215. The van der Waals surface area contributed by atoms with Crippen LogP contribution in [-0.4, -0.2) is 71.3 Å². The molecule has 2 amide bonds. The Bertz CT molecular complexity index is 1700. The molecular weight excluding hydrogens is 582 g/mol. The Labute approximate surface area is 240 Å². The number of alkyl halides is 6. The van der Waals surface area contributed by atoms with Crippen molar-refractivity contribution < 1.29 is 41.0 Å². The van der Waals surface area contributed by atoms with E-state index in [2.05, 4.69) is 20.6 Å². The van der Waals surface area contributed by atoms with Gasteiger partial charge in [-0.3, -0.25) is 9.59 Å². The lowest BCUT2D eigenvalue weighted by Gasteiger charge is -2.34. The van der Waals surface area contributed by atoms with E-state index in [1.165, 1.54) is 37.3 Å². The van der Waals surface area contributed by atoms with Crippen molar-refractivity contribution in [2.45, 2.75) is 17.8 Å². The molecule has 1 aliphatic heterocycles. The van der Waals surface area contributed by atoms with Crippen LogP contribution in [0.2, 0.25) is 0 Å². The standard InChI is InChI=1S/C28H24F6N6O3/c1-39(2)13-22(41)40-14-26(27(29,30)31,28(32,33)34)19-9-8-15(11-21(19)40)37-25(43)17-6-4-10-35-23(17)38-20-7-3-5-16-18(20)12-36-24(16)42/h3-12,36,42H,13-14H2,1-2H3,(H,35,38)(H,37,43). The Hall–Kier alpha value is -4.79. The minimum Gasteiger partial charge on any atom is -0.494 e. The third-order valence-corrected chi connectivity index (χ3v) is 7.14. The fraction of sp³-hybridized carbons (Fsp3) is 0.250. The van der Waals surface area contributed by atoms with Crippen LogP contribution in [0.1, 0.15) is 15.9 Å². The first-order chi connectivity index (χ1) is 20.1. The van der Waals surface area contributed by atoms with Gasteiger partial charge in [0.15, 0.2) is 5.88 Å². The Morgan fingerprint density at radius 3 is 2.44 bits per heavy atom. The fourth-order valence-electron chi connectivity index (χ4n) is 5.09. The highest BCUT2D eigenvalue weighted by atomic mass is 19.4. The number of carbonyl (C=O) groups excluding carboxylic acids is 2. The molecule has 3 heterocycles. The van der Waals surface area contributed by atoms with Gasteiger partial charge in [-0.2, -0.15) is 26.3 Å². The number of anilines is 4. The molecule has 5 rings (SSSR count). The molecule has 0 saturated heterocycles. The highest BCUT2D eigenvalue weighted by Crippen LogP contribution is 2.58. The molecule has 226 valence electrons. The molecule has 2 aromatic heterocycles. The van der Waals surface area contributed by atoms with E-state index in [1.807, 2.05) is 0 Å². The molecule has 1 aliphatic rings. The Morgan fingerprint density at radius 1 is 1.05 bits per heavy atom. The second-order valence-electron chi connectivity index (χ2n) is 10.2. The van der Waals surface area contributed by atoms with E-state index in [-0.39, 0.29) is 22.9 Å². The number of carbonyl (C=O) groups is 2. The van der Waals surface area contributed by atoms with Crippen molar-refractivity contribution in [3.05, 3.63) is 72.1 Å². The molecule has 43 heavy (non-hydrogen) atoms. The van der Waals surface area contributed by atoms with Crippen LogP contribution in [0.4, 0.5) is 49.2 Å². The zero-order chi connectivity index (χ0) is 31.3. The third-order valence-electron chi connectivity index (χ3n) is 7.14. The summed E-state index contributed by atoms with van der Waals surface area (Å²) in [5.41, 5.74) is -5.70. The number of aromatic amines is 1. The van der Waals surface area contributed by atoms with Crippen LogP contribution in [0.3, 0.4) is 0 Å². The number of H-pyrrole nitrogens is 1. The van der Waals surface area contributed by atoms with Crippen LogP contribution < -0.4 is 15.5 Å². The molecule has 0 atom stereocenters. The van der Waals surface area contributed by atoms with Gasteiger partial charge < -0.3 is 30.5 Å².